The lowest BCUT2D eigenvalue weighted by Gasteiger charge is -2.34. The molecule has 0 radical (unpaired) electrons. The molecule has 0 bridgehead atoms. The normalized spacial score (nSPS) is 17.1. The van der Waals surface area contributed by atoms with E-state index in [1.807, 2.05) is 0 Å². The third kappa shape index (κ3) is 7.27. The summed E-state index contributed by atoms with van der Waals surface area (Å²) in [7, 11) is 0. The summed E-state index contributed by atoms with van der Waals surface area (Å²) in [5.41, 5.74) is 0.376. The highest BCUT2D eigenvalue weighted by molar-refractivity contribution is 4.85. The number of hydrogen-bond acceptors (Lipinski definition) is 1. The highest BCUT2D eigenvalue weighted by Crippen LogP contribution is 2.22. The third-order valence-electron chi connectivity index (χ3n) is 3.62. The molecule has 1 N–H and O–H groups in total. The van der Waals surface area contributed by atoms with Crippen molar-refractivity contribution < 1.29 is 0 Å². The first-order valence-corrected chi connectivity index (χ1v) is 7.35. The molecule has 16 heavy (non-hydrogen) atoms. The molecular weight excluding hydrogens is 194 g/mol. The Labute approximate surface area is 103 Å². The smallest absolute Gasteiger partial charge is 0.0155 e. The van der Waals surface area contributed by atoms with Gasteiger partial charge in [0, 0.05) is 11.6 Å². The lowest BCUT2D eigenvalue weighted by atomic mass is 9.88. The van der Waals surface area contributed by atoms with Crippen molar-refractivity contribution in [3.05, 3.63) is 0 Å². The maximum absolute atomic E-state index is 3.84. The first-order valence-electron chi connectivity index (χ1n) is 7.35. The van der Waals surface area contributed by atoms with E-state index >= 15 is 0 Å². The second kappa shape index (κ2) is 9.04. The fourth-order valence-electron chi connectivity index (χ4n) is 2.30. The molecule has 0 amide bonds. The maximum Gasteiger partial charge on any atom is 0.0155 e. The molecule has 0 saturated carbocycles. The molecule has 0 aromatic rings. The van der Waals surface area contributed by atoms with Crippen molar-refractivity contribution in [2.24, 2.45) is 0 Å². The molecule has 98 valence electrons. The van der Waals surface area contributed by atoms with Crippen molar-refractivity contribution in [2.75, 3.05) is 0 Å². The lowest BCUT2D eigenvalue weighted by Crippen LogP contribution is -2.46. The molecule has 0 saturated heterocycles. The van der Waals surface area contributed by atoms with Gasteiger partial charge in [-0.2, -0.15) is 0 Å². The quantitative estimate of drug-likeness (QED) is 0.523. The fourth-order valence-corrected chi connectivity index (χ4v) is 2.30. The van der Waals surface area contributed by atoms with E-state index in [2.05, 4.69) is 39.9 Å². The first-order chi connectivity index (χ1) is 7.58. The van der Waals surface area contributed by atoms with Gasteiger partial charge in [-0.3, -0.25) is 0 Å². The first kappa shape index (κ1) is 16.0. The highest BCUT2D eigenvalue weighted by Gasteiger charge is 2.23. The Hall–Kier alpha value is -0.0400. The standard InChI is InChI=1S/C15H33N/c1-6-9-11-13-15(5,12-10-7-2)16-14(4)8-3/h14,16H,6-13H2,1-5H3. The topological polar surface area (TPSA) is 12.0 Å². The SMILES string of the molecule is CCCCCC(C)(CCCC)NC(C)CC. The second-order valence-electron chi connectivity index (χ2n) is 5.57. The zero-order chi connectivity index (χ0) is 12.4. The van der Waals surface area contributed by atoms with Gasteiger partial charge in [0.1, 0.15) is 0 Å². The van der Waals surface area contributed by atoms with Gasteiger partial charge in [0.15, 0.2) is 0 Å². The van der Waals surface area contributed by atoms with Crippen LogP contribution in [0.15, 0.2) is 0 Å². The summed E-state index contributed by atoms with van der Waals surface area (Å²) in [5.74, 6) is 0. The largest absolute Gasteiger partial charge is 0.309 e. The van der Waals surface area contributed by atoms with Crippen LogP contribution in [-0.4, -0.2) is 11.6 Å². The number of unbranched alkanes of at least 4 members (excludes halogenated alkanes) is 3. The lowest BCUT2D eigenvalue weighted by molar-refractivity contribution is 0.261. The summed E-state index contributed by atoms with van der Waals surface area (Å²) in [6.45, 7) is 11.6. The van der Waals surface area contributed by atoms with Crippen LogP contribution in [0, 0.1) is 0 Å². The Bertz CT molecular complexity index is 156. The molecule has 0 aliphatic carbocycles. The summed E-state index contributed by atoms with van der Waals surface area (Å²) in [5, 5.41) is 3.84. The summed E-state index contributed by atoms with van der Waals surface area (Å²) in [4.78, 5) is 0. The van der Waals surface area contributed by atoms with Gasteiger partial charge in [-0.15, -0.1) is 0 Å². The van der Waals surface area contributed by atoms with Crippen LogP contribution in [0.4, 0.5) is 0 Å². The minimum absolute atomic E-state index is 0.376. The molecule has 0 aliphatic heterocycles. The van der Waals surface area contributed by atoms with Crippen LogP contribution in [0.1, 0.15) is 86.0 Å². The van der Waals surface area contributed by atoms with Gasteiger partial charge >= 0.3 is 0 Å². The third-order valence-corrected chi connectivity index (χ3v) is 3.62. The van der Waals surface area contributed by atoms with Crippen molar-refractivity contribution in [3.8, 4) is 0 Å². The average molecular weight is 227 g/mol. The molecule has 0 spiro atoms. The summed E-state index contributed by atoms with van der Waals surface area (Å²) in [6, 6.07) is 0.656. The van der Waals surface area contributed by atoms with Crippen LogP contribution in [0.5, 0.6) is 0 Å². The molecule has 0 aromatic heterocycles. The minimum Gasteiger partial charge on any atom is -0.309 e. The van der Waals surface area contributed by atoms with Gasteiger partial charge in [0.05, 0.1) is 0 Å². The van der Waals surface area contributed by atoms with Crippen molar-refractivity contribution in [3.63, 3.8) is 0 Å². The zero-order valence-corrected chi connectivity index (χ0v) is 12.2. The molecule has 2 atom stereocenters. The predicted octanol–water partition coefficient (Wildman–Crippen LogP) is 4.90. The minimum atomic E-state index is 0.376. The van der Waals surface area contributed by atoms with Crippen LogP contribution < -0.4 is 5.32 Å². The van der Waals surface area contributed by atoms with E-state index in [0.717, 1.165) is 0 Å². The van der Waals surface area contributed by atoms with Crippen LogP contribution in [0.2, 0.25) is 0 Å². The van der Waals surface area contributed by atoms with Crippen LogP contribution >= 0.6 is 0 Å². The van der Waals surface area contributed by atoms with E-state index in [1.165, 1.54) is 51.4 Å². The Morgan fingerprint density at radius 1 is 0.938 bits per heavy atom. The molecular formula is C15H33N. The molecule has 1 heteroatoms. The molecule has 0 aromatic carbocycles. The molecule has 1 nitrogen and oxygen atoms in total. The summed E-state index contributed by atoms with van der Waals surface area (Å²) in [6.07, 6.45) is 10.6. The van der Waals surface area contributed by atoms with Crippen molar-refractivity contribution in [1.29, 1.82) is 0 Å². The monoisotopic (exact) mass is 227 g/mol. The Kier molecular flexibility index (Phi) is 9.02. The van der Waals surface area contributed by atoms with Crippen LogP contribution in [0.25, 0.3) is 0 Å². The van der Waals surface area contributed by atoms with Crippen molar-refractivity contribution in [2.45, 2.75) is 97.6 Å². The van der Waals surface area contributed by atoms with Gasteiger partial charge in [-0.1, -0.05) is 52.9 Å². The van der Waals surface area contributed by atoms with Gasteiger partial charge < -0.3 is 5.32 Å². The van der Waals surface area contributed by atoms with Gasteiger partial charge in [-0.05, 0) is 33.1 Å². The van der Waals surface area contributed by atoms with E-state index in [9.17, 15) is 0 Å². The van der Waals surface area contributed by atoms with Crippen LogP contribution in [0.3, 0.4) is 0 Å². The number of hydrogen-bond donors (Lipinski definition) is 1. The fraction of sp³-hybridized carbons (Fsp3) is 1.00. The second-order valence-corrected chi connectivity index (χ2v) is 5.57. The molecule has 0 fully saturated rings. The van der Waals surface area contributed by atoms with Gasteiger partial charge in [0.2, 0.25) is 0 Å². The Balaban J connectivity index is 4.12. The average Bonchev–Trinajstić information content (AvgIpc) is 2.27. The van der Waals surface area contributed by atoms with Gasteiger partial charge in [0.25, 0.3) is 0 Å². The van der Waals surface area contributed by atoms with E-state index in [0.29, 0.717) is 11.6 Å². The zero-order valence-electron chi connectivity index (χ0n) is 12.2. The van der Waals surface area contributed by atoms with E-state index < -0.39 is 0 Å². The molecule has 0 rings (SSSR count). The number of nitrogens with one attached hydrogen (secondary N) is 1. The van der Waals surface area contributed by atoms with E-state index in [-0.39, 0.29) is 0 Å². The van der Waals surface area contributed by atoms with E-state index in [4.69, 9.17) is 0 Å². The predicted molar refractivity (Wildman–Crippen MR) is 75.0 cm³/mol. The van der Waals surface area contributed by atoms with E-state index in [1.54, 1.807) is 0 Å². The summed E-state index contributed by atoms with van der Waals surface area (Å²) >= 11 is 0. The number of rotatable bonds is 10. The van der Waals surface area contributed by atoms with Crippen LogP contribution in [-0.2, 0) is 0 Å². The van der Waals surface area contributed by atoms with Gasteiger partial charge in [-0.25, -0.2) is 0 Å². The molecule has 0 heterocycles. The van der Waals surface area contributed by atoms with Crippen molar-refractivity contribution >= 4 is 0 Å². The molecule has 2 unspecified atom stereocenters. The Morgan fingerprint density at radius 2 is 1.50 bits per heavy atom. The summed E-state index contributed by atoms with van der Waals surface area (Å²) < 4.78 is 0. The van der Waals surface area contributed by atoms with Crippen molar-refractivity contribution in [1.82, 2.24) is 5.32 Å². The molecule has 0 aliphatic rings. The maximum atomic E-state index is 3.84. The highest BCUT2D eigenvalue weighted by atomic mass is 15.0. The Morgan fingerprint density at radius 3 is 2.00 bits per heavy atom.